The molecule has 0 unspecified atom stereocenters. The summed E-state index contributed by atoms with van der Waals surface area (Å²) in [5, 5.41) is 0.415. The van der Waals surface area contributed by atoms with Gasteiger partial charge in [-0.2, -0.15) is 0 Å². The molecule has 23 heavy (non-hydrogen) atoms. The SMILES string of the molecule is COc1cccc(C(=O)c2c[nH]c3ccc(OC)cc3c2=O)c1. The molecule has 3 rings (SSSR count). The standard InChI is InChI=1S/C18H15NO4/c1-22-12-5-3-4-11(8-12)17(20)15-10-19-16-7-6-13(23-2)9-14(16)18(15)21/h3-10H,1-2H3,(H,19,21). The third kappa shape index (κ3) is 2.68. The quantitative estimate of drug-likeness (QED) is 0.752. The Labute approximate surface area is 132 Å². The van der Waals surface area contributed by atoms with Crippen LogP contribution in [0.25, 0.3) is 10.9 Å². The van der Waals surface area contributed by atoms with Gasteiger partial charge >= 0.3 is 0 Å². The van der Waals surface area contributed by atoms with Gasteiger partial charge in [0.25, 0.3) is 0 Å². The summed E-state index contributed by atoms with van der Waals surface area (Å²) in [6.45, 7) is 0. The fourth-order valence-corrected chi connectivity index (χ4v) is 2.41. The summed E-state index contributed by atoms with van der Waals surface area (Å²) in [5.74, 6) is 0.776. The predicted molar refractivity (Wildman–Crippen MR) is 87.5 cm³/mol. The number of rotatable bonds is 4. The third-order valence-corrected chi connectivity index (χ3v) is 3.66. The van der Waals surface area contributed by atoms with Gasteiger partial charge in [0, 0.05) is 22.7 Å². The van der Waals surface area contributed by atoms with Gasteiger partial charge in [-0.25, -0.2) is 0 Å². The Morgan fingerprint density at radius 1 is 1.00 bits per heavy atom. The van der Waals surface area contributed by atoms with Gasteiger partial charge in [-0.1, -0.05) is 12.1 Å². The minimum absolute atomic E-state index is 0.0824. The Bertz CT molecular complexity index is 943. The van der Waals surface area contributed by atoms with E-state index in [1.807, 2.05) is 0 Å². The van der Waals surface area contributed by atoms with Crippen LogP contribution in [0.3, 0.4) is 0 Å². The molecule has 5 heteroatoms. The molecule has 5 nitrogen and oxygen atoms in total. The maximum Gasteiger partial charge on any atom is 0.200 e. The van der Waals surface area contributed by atoms with Crippen LogP contribution in [0.2, 0.25) is 0 Å². The first kappa shape index (κ1) is 14.8. The van der Waals surface area contributed by atoms with E-state index in [-0.39, 0.29) is 16.8 Å². The number of benzene rings is 2. The lowest BCUT2D eigenvalue weighted by molar-refractivity contribution is 0.103. The molecule has 0 atom stereocenters. The number of aromatic amines is 1. The first-order chi connectivity index (χ1) is 11.1. The Kier molecular flexibility index (Phi) is 3.85. The molecule has 0 aliphatic rings. The molecule has 0 amide bonds. The second-order valence-corrected chi connectivity index (χ2v) is 5.00. The average molecular weight is 309 g/mol. The Morgan fingerprint density at radius 3 is 2.48 bits per heavy atom. The van der Waals surface area contributed by atoms with Crippen molar-refractivity contribution < 1.29 is 14.3 Å². The number of pyridine rings is 1. The molecule has 1 aromatic heterocycles. The highest BCUT2D eigenvalue weighted by atomic mass is 16.5. The van der Waals surface area contributed by atoms with E-state index >= 15 is 0 Å². The minimum Gasteiger partial charge on any atom is -0.497 e. The maximum absolute atomic E-state index is 12.6. The highest BCUT2D eigenvalue weighted by molar-refractivity contribution is 6.10. The highest BCUT2D eigenvalue weighted by Gasteiger charge is 2.16. The van der Waals surface area contributed by atoms with Crippen LogP contribution in [0.15, 0.2) is 53.5 Å². The first-order valence-electron chi connectivity index (χ1n) is 7.02. The van der Waals surface area contributed by atoms with Crippen LogP contribution in [0.1, 0.15) is 15.9 Å². The second-order valence-electron chi connectivity index (χ2n) is 5.00. The molecule has 0 spiro atoms. The number of aromatic nitrogens is 1. The largest absolute Gasteiger partial charge is 0.497 e. The Hall–Kier alpha value is -3.08. The summed E-state index contributed by atoms with van der Waals surface area (Å²) in [5.41, 5.74) is 0.805. The van der Waals surface area contributed by atoms with E-state index in [4.69, 9.17) is 9.47 Å². The van der Waals surface area contributed by atoms with Crippen molar-refractivity contribution in [2.24, 2.45) is 0 Å². The minimum atomic E-state index is -0.352. The van der Waals surface area contributed by atoms with Crippen molar-refractivity contribution >= 4 is 16.7 Å². The Balaban J connectivity index is 2.13. The van der Waals surface area contributed by atoms with Crippen molar-refractivity contribution in [1.29, 1.82) is 0 Å². The molecule has 3 aromatic rings. The van der Waals surface area contributed by atoms with Crippen molar-refractivity contribution in [1.82, 2.24) is 4.98 Å². The summed E-state index contributed by atoms with van der Waals surface area (Å²) in [6, 6.07) is 11.8. The molecule has 1 N–H and O–H groups in total. The lowest BCUT2D eigenvalue weighted by Gasteiger charge is -2.06. The number of carbonyl (C=O) groups excluding carboxylic acids is 1. The fraction of sp³-hybridized carbons (Fsp3) is 0.111. The van der Waals surface area contributed by atoms with Crippen molar-refractivity contribution in [2.45, 2.75) is 0 Å². The van der Waals surface area contributed by atoms with Crippen molar-refractivity contribution in [3.8, 4) is 11.5 Å². The summed E-state index contributed by atoms with van der Waals surface area (Å²) in [7, 11) is 3.05. The van der Waals surface area contributed by atoms with Crippen molar-refractivity contribution in [3.05, 3.63) is 70.0 Å². The number of hydrogen-bond acceptors (Lipinski definition) is 4. The molecule has 0 radical (unpaired) electrons. The van der Waals surface area contributed by atoms with Gasteiger partial charge in [0.2, 0.25) is 5.43 Å². The van der Waals surface area contributed by atoms with Gasteiger partial charge in [-0.05, 0) is 30.3 Å². The molecule has 0 aliphatic heterocycles. The normalized spacial score (nSPS) is 10.5. The van der Waals surface area contributed by atoms with Crippen molar-refractivity contribution in [3.63, 3.8) is 0 Å². The summed E-state index contributed by atoms with van der Waals surface area (Å²) < 4.78 is 10.3. The molecule has 1 heterocycles. The van der Waals surface area contributed by atoms with E-state index in [1.165, 1.54) is 20.4 Å². The zero-order valence-corrected chi connectivity index (χ0v) is 12.8. The highest BCUT2D eigenvalue weighted by Crippen LogP contribution is 2.19. The lowest BCUT2D eigenvalue weighted by atomic mass is 10.0. The van der Waals surface area contributed by atoms with Gasteiger partial charge < -0.3 is 14.5 Å². The summed E-state index contributed by atoms with van der Waals surface area (Å²) in [6.07, 6.45) is 1.44. The van der Waals surface area contributed by atoms with Crippen LogP contribution in [-0.2, 0) is 0 Å². The van der Waals surface area contributed by atoms with Crippen LogP contribution in [-0.4, -0.2) is 25.0 Å². The summed E-state index contributed by atoms with van der Waals surface area (Å²) >= 11 is 0. The number of methoxy groups -OCH3 is 2. The molecule has 116 valence electrons. The van der Waals surface area contributed by atoms with Gasteiger partial charge in [0.1, 0.15) is 11.5 Å². The average Bonchev–Trinajstić information content (AvgIpc) is 2.61. The number of ketones is 1. The number of fused-ring (bicyclic) bond motifs is 1. The predicted octanol–water partition coefficient (Wildman–Crippen LogP) is 2.78. The van der Waals surface area contributed by atoms with Crippen molar-refractivity contribution in [2.75, 3.05) is 14.2 Å². The smallest absolute Gasteiger partial charge is 0.200 e. The first-order valence-corrected chi connectivity index (χ1v) is 7.02. The molecule has 0 fully saturated rings. The monoisotopic (exact) mass is 309 g/mol. The number of ether oxygens (including phenoxy) is 2. The second kappa shape index (κ2) is 5.96. The van der Waals surface area contributed by atoms with Gasteiger partial charge in [0.05, 0.1) is 19.8 Å². The molecule has 0 saturated heterocycles. The topological polar surface area (TPSA) is 68.4 Å². The van der Waals surface area contributed by atoms with Gasteiger partial charge in [-0.15, -0.1) is 0 Å². The molecule has 0 bridgehead atoms. The summed E-state index contributed by atoms with van der Waals surface area (Å²) in [4.78, 5) is 28.2. The van der Waals surface area contributed by atoms with E-state index in [2.05, 4.69) is 4.98 Å². The molecule has 2 aromatic carbocycles. The van der Waals surface area contributed by atoms with E-state index in [1.54, 1.807) is 42.5 Å². The maximum atomic E-state index is 12.6. The third-order valence-electron chi connectivity index (χ3n) is 3.66. The molecule has 0 saturated carbocycles. The molecular weight excluding hydrogens is 294 g/mol. The fourth-order valence-electron chi connectivity index (χ4n) is 2.41. The van der Waals surface area contributed by atoms with E-state index < -0.39 is 0 Å². The zero-order valence-electron chi connectivity index (χ0n) is 12.8. The van der Waals surface area contributed by atoms with Crippen LogP contribution >= 0.6 is 0 Å². The zero-order chi connectivity index (χ0) is 16.4. The van der Waals surface area contributed by atoms with Crippen LogP contribution in [0.4, 0.5) is 0 Å². The van der Waals surface area contributed by atoms with E-state index in [9.17, 15) is 9.59 Å². The van der Waals surface area contributed by atoms with Crippen LogP contribution < -0.4 is 14.9 Å². The lowest BCUT2D eigenvalue weighted by Crippen LogP contribution is -2.16. The number of nitrogens with one attached hydrogen (secondary N) is 1. The molecular formula is C18H15NO4. The van der Waals surface area contributed by atoms with E-state index in [0.717, 1.165) is 0 Å². The number of carbonyl (C=O) groups is 1. The number of hydrogen-bond donors (Lipinski definition) is 1. The van der Waals surface area contributed by atoms with Crippen LogP contribution in [0, 0.1) is 0 Å². The van der Waals surface area contributed by atoms with Crippen LogP contribution in [0.5, 0.6) is 11.5 Å². The molecule has 0 aliphatic carbocycles. The Morgan fingerprint density at radius 2 is 1.74 bits per heavy atom. The van der Waals surface area contributed by atoms with Gasteiger partial charge in [0.15, 0.2) is 5.78 Å². The number of H-pyrrole nitrogens is 1. The van der Waals surface area contributed by atoms with E-state index in [0.29, 0.717) is 28.0 Å². The van der Waals surface area contributed by atoms with Gasteiger partial charge in [-0.3, -0.25) is 9.59 Å².